The molecule has 194 valence electrons. The van der Waals surface area contributed by atoms with Gasteiger partial charge in [-0.15, -0.1) is 0 Å². The summed E-state index contributed by atoms with van der Waals surface area (Å²) < 4.78 is 26.0. The molecule has 9 heteroatoms. The number of aliphatic hydroxyl groups excluding tert-OH is 1. The third-order valence-corrected chi connectivity index (χ3v) is 7.13. The molecular formula is C29H24FNO7. The maximum absolute atomic E-state index is 14.7. The summed E-state index contributed by atoms with van der Waals surface area (Å²) >= 11 is 0. The number of carbonyl (C=O) groups is 3. The number of hydrogen-bond donors (Lipinski definition) is 3. The minimum absolute atomic E-state index is 0.0365. The quantitative estimate of drug-likeness (QED) is 0.406. The van der Waals surface area contributed by atoms with Gasteiger partial charge in [-0.05, 0) is 31.9 Å². The predicted molar refractivity (Wildman–Crippen MR) is 137 cm³/mol. The van der Waals surface area contributed by atoms with Crippen LogP contribution in [0.5, 0.6) is 17.2 Å². The molecule has 38 heavy (non-hydrogen) atoms. The molecule has 0 unspecified atom stereocenters. The van der Waals surface area contributed by atoms with Crippen LogP contribution in [0, 0.1) is 5.82 Å². The van der Waals surface area contributed by atoms with Gasteiger partial charge in [0.2, 0.25) is 0 Å². The Labute approximate surface area is 217 Å². The van der Waals surface area contributed by atoms with Gasteiger partial charge in [-0.2, -0.15) is 0 Å². The molecule has 5 rings (SSSR count). The lowest BCUT2D eigenvalue weighted by molar-refractivity contribution is -0.123. The van der Waals surface area contributed by atoms with E-state index in [1.54, 1.807) is 24.3 Å². The van der Waals surface area contributed by atoms with Crippen LogP contribution in [-0.4, -0.2) is 34.8 Å². The first-order valence-electron chi connectivity index (χ1n) is 11.9. The smallest absolute Gasteiger partial charge is 0.263 e. The number of aryl methyl sites for hydroxylation is 1. The van der Waals surface area contributed by atoms with E-state index in [4.69, 9.17) is 9.47 Å². The standard InChI is InChI=1S/C29H24FNO7/c1-5-14-10-17(30)15-8-6-7-9-16(15)25(14)31-28(36)23-20(37-4)11-19(34)24-26(23)38-21-12-18(33)22(13(2)32)27(35)29(21,24)3/h6-12,33-34H,5H2,1-4H3,(H,31,36)/t29-/m1/s1. The summed E-state index contributed by atoms with van der Waals surface area (Å²) in [6.07, 6.45) is 1.56. The molecule has 1 aliphatic heterocycles. The Kier molecular flexibility index (Phi) is 5.74. The number of ketones is 2. The van der Waals surface area contributed by atoms with E-state index in [0.29, 0.717) is 28.4 Å². The lowest BCUT2D eigenvalue weighted by atomic mass is 9.71. The van der Waals surface area contributed by atoms with Gasteiger partial charge in [0.25, 0.3) is 5.91 Å². The number of aliphatic hydroxyl groups is 1. The van der Waals surface area contributed by atoms with Crippen LogP contribution in [0.2, 0.25) is 0 Å². The number of allylic oxidation sites excluding steroid dienone is 3. The molecular weight excluding hydrogens is 493 g/mol. The Bertz CT molecular complexity index is 1650. The van der Waals surface area contributed by atoms with Crippen molar-refractivity contribution >= 4 is 33.9 Å². The van der Waals surface area contributed by atoms with Crippen molar-refractivity contribution in [3.8, 4) is 17.2 Å². The van der Waals surface area contributed by atoms with E-state index in [9.17, 15) is 29.0 Å². The van der Waals surface area contributed by atoms with Gasteiger partial charge in [-0.1, -0.05) is 31.2 Å². The number of amides is 1. The Morgan fingerprint density at radius 2 is 1.84 bits per heavy atom. The molecule has 0 saturated carbocycles. The van der Waals surface area contributed by atoms with Crippen molar-refractivity contribution in [2.24, 2.45) is 0 Å². The average molecular weight is 518 g/mol. The Balaban J connectivity index is 1.70. The highest BCUT2D eigenvalue weighted by atomic mass is 19.1. The van der Waals surface area contributed by atoms with Crippen molar-refractivity contribution < 1.29 is 38.5 Å². The van der Waals surface area contributed by atoms with Gasteiger partial charge in [-0.25, -0.2) is 4.39 Å². The second kappa shape index (κ2) is 8.72. The number of carbonyl (C=O) groups excluding carboxylic acids is 3. The van der Waals surface area contributed by atoms with Crippen LogP contribution in [-0.2, 0) is 21.4 Å². The fraction of sp³-hybridized carbons (Fsp3) is 0.207. The van der Waals surface area contributed by atoms with Gasteiger partial charge in [-0.3, -0.25) is 14.4 Å². The minimum Gasteiger partial charge on any atom is -0.507 e. The predicted octanol–water partition coefficient (Wildman–Crippen LogP) is 5.03. The van der Waals surface area contributed by atoms with Gasteiger partial charge < -0.3 is 25.0 Å². The molecule has 1 amide bonds. The van der Waals surface area contributed by atoms with Crippen molar-refractivity contribution in [1.29, 1.82) is 0 Å². The van der Waals surface area contributed by atoms with Crippen LogP contribution in [0.25, 0.3) is 10.8 Å². The van der Waals surface area contributed by atoms with Crippen LogP contribution in [0.3, 0.4) is 0 Å². The molecule has 1 atom stereocenters. The number of hydrogen-bond acceptors (Lipinski definition) is 7. The third kappa shape index (κ3) is 3.38. The molecule has 1 aliphatic carbocycles. The molecule has 1 heterocycles. The van der Waals surface area contributed by atoms with Gasteiger partial charge in [0.1, 0.15) is 45.4 Å². The summed E-state index contributed by atoms with van der Waals surface area (Å²) in [6, 6.07) is 9.28. The normalized spacial score (nSPS) is 18.0. The number of phenols is 1. The van der Waals surface area contributed by atoms with E-state index in [2.05, 4.69) is 5.32 Å². The number of anilines is 1. The highest BCUT2D eigenvalue weighted by Gasteiger charge is 2.55. The average Bonchev–Trinajstić information content (AvgIpc) is 3.18. The SMILES string of the molecule is CCc1cc(F)c2ccccc2c1NC(=O)c1c(OC)cc(O)c2c1OC1=CC(O)=C(C(C)=O)C(=O)[C@]12C. The summed E-state index contributed by atoms with van der Waals surface area (Å²) in [6.45, 7) is 4.42. The first kappa shape index (κ1) is 25.0. The van der Waals surface area contributed by atoms with Gasteiger partial charge in [0.15, 0.2) is 17.3 Å². The maximum Gasteiger partial charge on any atom is 0.263 e. The molecule has 0 saturated heterocycles. The molecule has 8 nitrogen and oxygen atoms in total. The summed E-state index contributed by atoms with van der Waals surface area (Å²) in [4.78, 5) is 39.4. The zero-order chi connectivity index (χ0) is 27.5. The van der Waals surface area contributed by atoms with Gasteiger partial charge >= 0.3 is 0 Å². The number of rotatable bonds is 5. The van der Waals surface area contributed by atoms with E-state index in [0.717, 1.165) is 13.0 Å². The monoisotopic (exact) mass is 517 g/mol. The number of Topliss-reactive ketones (excluding diaryl/α,β-unsaturated/α-hetero) is 2. The molecule has 0 bridgehead atoms. The van der Waals surface area contributed by atoms with Crippen LogP contribution in [0.4, 0.5) is 10.1 Å². The van der Waals surface area contributed by atoms with Crippen LogP contribution in [0.15, 0.2) is 59.6 Å². The van der Waals surface area contributed by atoms with Crippen LogP contribution < -0.4 is 14.8 Å². The fourth-order valence-electron chi connectivity index (χ4n) is 5.21. The lowest BCUT2D eigenvalue weighted by Gasteiger charge is -2.27. The number of fused-ring (bicyclic) bond motifs is 4. The molecule has 2 aliphatic rings. The fourth-order valence-corrected chi connectivity index (χ4v) is 5.21. The second-order valence-electron chi connectivity index (χ2n) is 9.30. The largest absolute Gasteiger partial charge is 0.507 e. The molecule has 3 aromatic rings. The summed E-state index contributed by atoms with van der Waals surface area (Å²) in [5.74, 6) is -3.74. The number of halogens is 1. The molecule has 0 radical (unpaired) electrons. The summed E-state index contributed by atoms with van der Waals surface area (Å²) in [7, 11) is 1.30. The molecule has 3 N–H and O–H groups in total. The first-order chi connectivity index (χ1) is 18.0. The van der Waals surface area contributed by atoms with Crippen LogP contribution in [0.1, 0.15) is 42.3 Å². The van der Waals surface area contributed by atoms with Crippen LogP contribution >= 0.6 is 0 Å². The highest BCUT2D eigenvalue weighted by molar-refractivity contribution is 6.26. The number of phenolic OH excluding ortho intramolecular Hbond substituents is 1. The highest BCUT2D eigenvalue weighted by Crippen LogP contribution is 2.56. The number of nitrogens with one attached hydrogen (secondary N) is 1. The number of aromatic hydroxyl groups is 1. The van der Waals surface area contributed by atoms with E-state index < -0.39 is 45.8 Å². The van der Waals surface area contributed by atoms with E-state index >= 15 is 0 Å². The second-order valence-corrected chi connectivity index (χ2v) is 9.30. The first-order valence-corrected chi connectivity index (χ1v) is 11.9. The summed E-state index contributed by atoms with van der Waals surface area (Å²) in [5.41, 5.74) is -1.31. The number of ether oxygens (including phenoxy) is 2. The Hall–Kier alpha value is -4.66. The topological polar surface area (TPSA) is 122 Å². The van der Waals surface area contributed by atoms with Crippen molar-refractivity contribution in [2.45, 2.75) is 32.6 Å². The maximum atomic E-state index is 14.7. The zero-order valence-electron chi connectivity index (χ0n) is 21.1. The molecule has 3 aromatic carbocycles. The van der Waals surface area contributed by atoms with Crippen molar-refractivity contribution in [3.05, 3.63) is 82.1 Å². The Morgan fingerprint density at radius 1 is 1.16 bits per heavy atom. The third-order valence-electron chi connectivity index (χ3n) is 7.13. The molecule has 0 fully saturated rings. The van der Waals surface area contributed by atoms with Gasteiger partial charge in [0, 0.05) is 22.9 Å². The number of benzene rings is 3. The van der Waals surface area contributed by atoms with Crippen molar-refractivity contribution in [2.75, 3.05) is 12.4 Å². The zero-order valence-corrected chi connectivity index (χ0v) is 21.1. The molecule has 0 spiro atoms. The number of methoxy groups -OCH3 is 1. The van der Waals surface area contributed by atoms with E-state index in [-0.39, 0.29) is 28.4 Å². The summed E-state index contributed by atoms with van der Waals surface area (Å²) in [5, 5.41) is 25.0. The molecule has 0 aromatic heterocycles. The van der Waals surface area contributed by atoms with E-state index in [1.807, 2.05) is 6.92 Å². The van der Waals surface area contributed by atoms with Crippen molar-refractivity contribution in [1.82, 2.24) is 0 Å². The minimum atomic E-state index is -1.68. The van der Waals surface area contributed by atoms with E-state index in [1.165, 1.54) is 26.2 Å². The lowest BCUT2D eigenvalue weighted by Crippen LogP contribution is -2.38. The van der Waals surface area contributed by atoms with Crippen molar-refractivity contribution in [3.63, 3.8) is 0 Å². The Morgan fingerprint density at radius 3 is 2.47 bits per heavy atom. The van der Waals surface area contributed by atoms with Gasteiger partial charge in [0.05, 0.1) is 18.4 Å².